The molecule has 134 valence electrons. The van der Waals surface area contributed by atoms with Crippen LogP contribution >= 0.6 is 0 Å². The number of nitrogens with zero attached hydrogens (tertiary/aromatic N) is 2. The molecular formula is C17H27N3O3S. The standard InChI is InChI=1S/C17H27N3O3S/c1-14-6-5-10-20(13-14)24(22,23)16-8-4-7-15(12-16)17(21)18-9-11-19(2)3/h4,7-8,12,14H,5-6,9-11,13H2,1-3H3,(H,18,21). The van der Waals surface area contributed by atoms with Gasteiger partial charge in [-0.3, -0.25) is 4.79 Å². The van der Waals surface area contributed by atoms with Crippen molar-refractivity contribution in [3.8, 4) is 0 Å². The van der Waals surface area contributed by atoms with Crippen molar-refractivity contribution in [1.82, 2.24) is 14.5 Å². The van der Waals surface area contributed by atoms with Gasteiger partial charge in [-0.15, -0.1) is 0 Å². The Balaban J connectivity index is 2.12. The predicted molar refractivity (Wildman–Crippen MR) is 94.5 cm³/mol. The summed E-state index contributed by atoms with van der Waals surface area (Å²) in [6.07, 6.45) is 1.94. The second kappa shape index (κ2) is 8.09. The number of carbonyl (C=O) groups is 1. The van der Waals surface area contributed by atoms with Gasteiger partial charge in [0, 0.05) is 31.7 Å². The van der Waals surface area contributed by atoms with Gasteiger partial charge in [-0.1, -0.05) is 13.0 Å². The highest BCUT2D eigenvalue weighted by atomic mass is 32.2. The molecule has 1 atom stereocenters. The first-order chi connectivity index (χ1) is 11.3. The zero-order chi connectivity index (χ0) is 17.7. The minimum atomic E-state index is -3.54. The van der Waals surface area contributed by atoms with Gasteiger partial charge in [-0.05, 0) is 51.1 Å². The van der Waals surface area contributed by atoms with Crippen molar-refractivity contribution in [1.29, 1.82) is 0 Å². The molecule has 0 spiro atoms. The van der Waals surface area contributed by atoms with Crippen LogP contribution in [0.1, 0.15) is 30.1 Å². The highest BCUT2D eigenvalue weighted by Crippen LogP contribution is 2.23. The summed E-state index contributed by atoms with van der Waals surface area (Å²) in [6.45, 7) is 4.41. The number of amides is 1. The second-order valence-corrected chi connectivity index (χ2v) is 8.64. The van der Waals surface area contributed by atoms with E-state index in [2.05, 4.69) is 12.2 Å². The van der Waals surface area contributed by atoms with Crippen molar-refractivity contribution in [2.75, 3.05) is 40.3 Å². The minimum Gasteiger partial charge on any atom is -0.351 e. The third-order valence-corrected chi connectivity index (χ3v) is 6.06. The van der Waals surface area contributed by atoms with Crippen LogP contribution in [0.5, 0.6) is 0 Å². The zero-order valence-electron chi connectivity index (χ0n) is 14.7. The fraction of sp³-hybridized carbons (Fsp3) is 0.588. The molecule has 0 aromatic heterocycles. The topological polar surface area (TPSA) is 69.7 Å². The molecule has 1 heterocycles. The highest BCUT2D eigenvalue weighted by molar-refractivity contribution is 7.89. The van der Waals surface area contributed by atoms with Gasteiger partial charge in [0.15, 0.2) is 0 Å². The van der Waals surface area contributed by atoms with Crippen LogP contribution in [0.25, 0.3) is 0 Å². The molecule has 7 heteroatoms. The Morgan fingerprint density at radius 2 is 2.12 bits per heavy atom. The molecule has 24 heavy (non-hydrogen) atoms. The number of sulfonamides is 1. The third kappa shape index (κ3) is 4.78. The maximum absolute atomic E-state index is 12.8. The summed E-state index contributed by atoms with van der Waals surface area (Å²) in [6, 6.07) is 6.30. The molecular weight excluding hydrogens is 326 g/mol. The van der Waals surface area contributed by atoms with Crippen molar-refractivity contribution < 1.29 is 13.2 Å². The SMILES string of the molecule is CC1CCCN(S(=O)(=O)c2cccc(C(=O)NCCN(C)C)c2)C1. The molecule has 1 aliphatic rings. The molecule has 1 unspecified atom stereocenters. The van der Waals surface area contributed by atoms with E-state index in [4.69, 9.17) is 0 Å². The van der Waals surface area contributed by atoms with Crippen LogP contribution in [-0.2, 0) is 10.0 Å². The van der Waals surface area contributed by atoms with Gasteiger partial charge in [0.1, 0.15) is 0 Å². The maximum Gasteiger partial charge on any atom is 0.251 e. The number of hydrogen-bond acceptors (Lipinski definition) is 4. The lowest BCUT2D eigenvalue weighted by molar-refractivity contribution is 0.0951. The van der Waals surface area contributed by atoms with E-state index < -0.39 is 10.0 Å². The molecule has 1 aromatic carbocycles. The van der Waals surface area contributed by atoms with Crippen LogP contribution in [0.3, 0.4) is 0 Å². The molecule has 0 aliphatic carbocycles. The van der Waals surface area contributed by atoms with E-state index in [0.29, 0.717) is 31.1 Å². The first kappa shape index (κ1) is 18.9. The maximum atomic E-state index is 12.8. The van der Waals surface area contributed by atoms with Gasteiger partial charge in [0.25, 0.3) is 5.91 Å². The molecule has 1 aliphatic heterocycles. The number of rotatable bonds is 6. The lowest BCUT2D eigenvalue weighted by Crippen LogP contribution is -2.39. The highest BCUT2D eigenvalue weighted by Gasteiger charge is 2.29. The predicted octanol–water partition coefficient (Wildman–Crippen LogP) is 1.40. The molecule has 0 bridgehead atoms. The van der Waals surface area contributed by atoms with E-state index in [9.17, 15) is 13.2 Å². The van der Waals surface area contributed by atoms with Crippen LogP contribution in [0.2, 0.25) is 0 Å². The van der Waals surface area contributed by atoms with Gasteiger partial charge >= 0.3 is 0 Å². The van der Waals surface area contributed by atoms with E-state index in [1.54, 1.807) is 18.2 Å². The first-order valence-electron chi connectivity index (χ1n) is 8.34. The number of nitrogens with one attached hydrogen (secondary N) is 1. The molecule has 1 amide bonds. The van der Waals surface area contributed by atoms with E-state index >= 15 is 0 Å². The molecule has 0 radical (unpaired) electrons. The van der Waals surface area contributed by atoms with Crippen molar-refractivity contribution in [2.45, 2.75) is 24.7 Å². The summed E-state index contributed by atoms with van der Waals surface area (Å²) in [4.78, 5) is 14.4. The quantitative estimate of drug-likeness (QED) is 0.839. The number of hydrogen-bond donors (Lipinski definition) is 1. The molecule has 6 nitrogen and oxygen atoms in total. The summed E-state index contributed by atoms with van der Waals surface area (Å²) in [5.41, 5.74) is 0.375. The minimum absolute atomic E-state index is 0.192. The average molecular weight is 353 g/mol. The Hall–Kier alpha value is -1.44. The van der Waals surface area contributed by atoms with E-state index in [0.717, 1.165) is 19.4 Å². The smallest absolute Gasteiger partial charge is 0.251 e. The van der Waals surface area contributed by atoms with Gasteiger partial charge in [-0.25, -0.2) is 8.42 Å². The Labute approximate surface area is 144 Å². The van der Waals surface area contributed by atoms with E-state index in [-0.39, 0.29) is 10.8 Å². The van der Waals surface area contributed by atoms with Crippen LogP contribution in [0.4, 0.5) is 0 Å². The Morgan fingerprint density at radius 1 is 1.38 bits per heavy atom. The van der Waals surface area contributed by atoms with Gasteiger partial charge in [0.05, 0.1) is 4.90 Å². The fourth-order valence-corrected chi connectivity index (χ4v) is 4.45. The summed E-state index contributed by atoms with van der Waals surface area (Å²) >= 11 is 0. The number of likely N-dealkylation sites (N-methyl/N-ethyl adjacent to an activating group) is 1. The van der Waals surface area contributed by atoms with Crippen molar-refractivity contribution in [2.24, 2.45) is 5.92 Å². The second-order valence-electron chi connectivity index (χ2n) is 6.70. The molecule has 1 aromatic rings. The normalized spacial score (nSPS) is 19.4. The van der Waals surface area contributed by atoms with Crippen LogP contribution in [-0.4, -0.2) is 63.8 Å². The van der Waals surface area contributed by atoms with Crippen molar-refractivity contribution >= 4 is 15.9 Å². The lowest BCUT2D eigenvalue weighted by Gasteiger charge is -2.30. The Morgan fingerprint density at radius 3 is 2.79 bits per heavy atom. The fourth-order valence-electron chi connectivity index (χ4n) is 2.81. The lowest BCUT2D eigenvalue weighted by atomic mass is 10.0. The Bertz CT molecular complexity index is 673. The number of carbonyl (C=O) groups excluding carboxylic acids is 1. The number of piperidine rings is 1. The monoisotopic (exact) mass is 353 g/mol. The van der Waals surface area contributed by atoms with Gasteiger partial charge in [0.2, 0.25) is 10.0 Å². The van der Waals surface area contributed by atoms with Crippen LogP contribution in [0, 0.1) is 5.92 Å². The number of benzene rings is 1. The molecule has 1 saturated heterocycles. The van der Waals surface area contributed by atoms with Gasteiger partial charge in [-0.2, -0.15) is 4.31 Å². The van der Waals surface area contributed by atoms with Crippen LogP contribution in [0.15, 0.2) is 29.2 Å². The third-order valence-electron chi connectivity index (χ3n) is 4.20. The van der Waals surface area contributed by atoms with Crippen molar-refractivity contribution in [3.63, 3.8) is 0 Å². The largest absolute Gasteiger partial charge is 0.351 e. The Kier molecular flexibility index (Phi) is 6.37. The van der Waals surface area contributed by atoms with Gasteiger partial charge < -0.3 is 10.2 Å². The molecule has 1 fully saturated rings. The van der Waals surface area contributed by atoms with E-state index in [1.807, 2.05) is 19.0 Å². The van der Waals surface area contributed by atoms with Crippen LogP contribution < -0.4 is 5.32 Å². The summed E-state index contributed by atoms with van der Waals surface area (Å²) in [5.74, 6) is 0.118. The van der Waals surface area contributed by atoms with Crippen molar-refractivity contribution in [3.05, 3.63) is 29.8 Å². The summed E-state index contributed by atoms with van der Waals surface area (Å²) in [7, 11) is 0.319. The summed E-state index contributed by atoms with van der Waals surface area (Å²) < 4.78 is 27.1. The first-order valence-corrected chi connectivity index (χ1v) is 9.78. The van der Waals surface area contributed by atoms with E-state index in [1.165, 1.54) is 10.4 Å². The molecule has 1 N–H and O–H groups in total. The molecule has 2 rings (SSSR count). The molecule has 0 saturated carbocycles. The zero-order valence-corrected chi connectivity index (χ0v) is 15.5. The average Bonchev–Trinajstić information content (AvgIpc) is 2.54. The summed E-state index contributed by atoms with van der Waals surface area (Å²) in [5, 5.41) is 2.81.